The van der Waals surface area contributed by atoms with Crippen molar-refractivity contribution < 1.29 is 29.0 Å². The number of benzene rings is 2. The van der Waals surface area contributed by atoms with Crippen LogP contribution in [0.3, 0.4) is 0 Å². The van der Waals surface area contributed by atoms with E-state index in [2.05, 4.69) is 29.6 Å². The topological polar surface area (TPSA) is 105 Å². The summed E-state index contributed by atoms with van der Waals surface area (Å²) in [5.74, 6) is -1.65. The molecule has 4 unspecified atom stereocenters. The summed E-state index contributed by atoms with van der Waals surface area (Å²) in [5, 5.41) is 12.2. The Morgan fingerprint density at radius 2 is 1.71 bits per heavy atom. The fraction of sp³-hybridized carbons (Fsp3) is 0.444. The Kier molecular flexibility index (Phi) is 6.47. The van der Waals surface area contributed by atoms with Gasteiger partial charge in [0.25, 0.3) is 5.91 Å². The third-order valence-electron chi connectivity index (χ3n) is 7.52. The number of carboxylic acids is 1. The largest absolute Gasteiger partial charge is 0.481 e. The van der Waals surface area contributed by atoms with Gasteiger partial charge in [-0.15, -0.1) is 0 Å². The molecule has 2 saturated heterocycles. The number of hydrogen-bond acceptors (Lipinski definition) is 5. The highest BCUT2D eigenvalue weighted by Gasteiger charge is 2.41. The molecule has 2 heterocycles. The Morgan fingerprint density at radius 3 is 2.34 bits per heavy atom. The van der Waals surface area contributed by atoms with E-state index in [1.165, 1.54) is 0 Å². The first kappa shape index (κ1) is 23.4. The third kappa shape index (κ3) is 4.50. The molecule has 1 aliphatic carbocycles. The number of fused-ring (bicyclic) bond motifs is 3. The van der Waals surface area contributed by atoms with Gasteiger partial charge in [0.15, 0.2) is 6.10 Å². The van der Waals surface area contributed by atoms with Crippen molar-refractivity contribution in [2.45, 2.75) is 37.8 Å². The molecule has 8 nitrogen and oxygen atoms in total. The monoisotopic (exact) mass is 478 g/mol. The summed E-state index contributed by atoms with van der Waals surface area (Å²) >= 11 is 0. The molecule has 184 valence electrons. The number of nitrogens with zero attached hydrogens (tertiary/aromatic N) is 1. The van der Waals surface area contributed by atoms with Crippen LogP contribution in [0.15, 0.2) is 48.5 Å². The second-order valence-electron chi connectivity index (χ2n) is 9.65. The van der Waals surface area contributed by atoms with Crippen LogP contribution in [0.1, 0.15) is 36.8 Å². The molecule has 4 atom stereocenters. The number of amides is 2. The summed E-state index contributed by atoms with van der Waals surface area (Å²) < 4.78 is 11.3. The smallest absolute Gasteiger partial charge is 0.407 e. The Bertz CT molecular complexity index is 1090. The van der Waals surface area contributed by atoms with Gasteiger partial charge in [-0.05, 0) is 41.0 Å². The van der Waals surface area contributed by atoms with Gasteiger partial charge in [-0.2, -0.15) is 0 Å². The molecule has 3 aliphatic rings. The number of nitrogens with one attached hydrogen (secondary N) is 1. The highest BCUT2D eigenvalue weighted by molar-refractivity contribution is 5.83. The Balaban J connectivity index is 1.19. The van der Waals surface area contributed by atoms with Gasteiger partial charge >= 0.3 is 12.1 Å². The van der Waals surface area contributed by atoms with Crippen molar-refractivity contribution in [3.63, 3.8) is 0 Å². The Hall–Kier alpha value is -3.39. The number of ether oxygens (including phenoxy) is 2. The van der Waals surface area contributed by atoms with E-state index in [9.17, 15) is 19.5 Å². The lowest BCUT2D eigenvalue weighted by atomic mass is 9.86. The van der Waals surface area contributed by atoms with Gasteiger partial charge in [0, 0.05) is 25.6 Å². The molecule has 0 radical (unpaired) electrons. The van der Waals surface area contributed by atoms with Crippen LogP contribution in [0.4, 0.5) is 4.79 Å². The average molecular weight is 479 g/mol. The molecule has 2 N–H and O–H groups in total. The zero-order valence-electron chi connectivity index (χ0n) is 19.7. The first-order chi connectivity index (χ1) is 16.9. The molecule has 2 aromatic carbocycles. The van der Waals surface area contributed by atoms with Crippen LogP contribution in [0, 0.1) is 11.8 Å². The number of carbonyl (C=O) groups is 3. The van der Waals surface area contributed by atoms with E-state index in [1.807, 2.05) is 31.2 Å². The lowest BCUT2D eigenvalue weighted by molar-refractivity contribution is -0.151. The van der Waals surface area contributed by atoms with Crippen LogP contribution in [-0.2, 0) is 19.1 Å². The second-order valence-corrected chi connectivity index (χ2v) is 9.65. The molecule has 0 spiro atoms. The van der Waals surface area contributed by atoms with E-state index in [0.717, 1.165) is 22.3 Å². The maximum atomic E-state index is 13.1. The molecule has 2 aromatic rings. The molecule has 8 heteroatoms. The molecule has 0 bridgehead atoms. The van der Waals surface area contributed by atoms with Crippen LogP contribution in [0.25, 0.3) is 11.1 Å². The van der Waals surface area contributed by atoms with Crippen molar-refractivity contribution in [1.82, 2.24) is 10.2 Å². The van der Waals surface area contributed by atoms with Gasteiger partial charge in [-0.3, -0.25) is 9.59 Å². The van der Waals surface area contributed by atoms with Crippen LogP contribution in [0.2, 0.25) is 0 Å². The number of likely N-dealkylation sites (tertiary alicyclic amines) is 1. The molecular weight excluding hydrogens is 448 g/mol. The summed E-state index contributed by atoms with van der Waals surface area (Å²) in [6.45, 7) is 3.16. The van der Waals surface area contributed by atoms with E-state index in [0.29, 0.717) is 32.5 Å². The number of aliphatic carboxylic acids is 1. The fourth-order valence-electron chi connectivity index (χ4n) is 5.66. The van der Waals surface area contributed by atoms with Crippen LogP contribution < -0.4 is 5.32 Å². The zero-order chi connectivity index (χ0) is 24.5. The van der Waals surface area contributed by atoms with Gasteiger partial charge in [0.05, 0.1) is 12.0 Å². The first-order valence-corrected chi connectivity index (χ1v) is 12.2. The molecule has 0 aromatic heterocycles. The standard InChI is InChI=1S/C27H30N2O6/c1-16-14-29(12-10-17(16)26(31)32)25(30)24-23(11-13-34-24)28-27(33)35-15-22-20-8-4-2-6-18(20)19-7-3-5-9-21(19)22/h2-9,16-17,22-24H,10-15H2,1H3,(H,28,33)(H,31,32). The molecule has 2 amide bonds. The molecule has 5 rings (SSSR count). The number of carboxylic acid groups (broad SMARTS) is 1. The number of alkyl carbamates (subject to hydrolysis) is 1. The number of rotatable bonds is 5. The quantitative estimate of drug-likeness (QED) is 0.684. The third-order valence-corrected chi connectivity index (χ3v) is 7.52. The van der Waals surface area contributed by atoms with E-state index < -0.39 is 30.1 Å². The zero-order valence-corrected chi connectivity index (χ0v) is 19.7. The van der Waals surface area contributed by atoms with Crippen molar-refractivity contribution in [3.8, 4) is 11.1 Å². The minimum atomic E-state index is -0.823. The summed E-state index contributed by atoms with van der Waals surface area (Å²) in [7, 11) is 0. The summed E-state index contributed by atoms with van der Waals surface area (Å²) in [6, 6.07) is 15.8. The van der Waals surface area contributed by atoms with Crippen molar-refractivity contribution in [1.29, 1.82) is 0 Å². The predicted molar refractivity (Wildman–Crippen MR) is 128 cm³/mol. The van der Waals surface area contributed by atoms with Crippen molar-refractivity contribution in [3.05, 3.63) is 59.7 Å². The van der Waals surface area contributed by atoms with E-state index in [-0.39, 0.29) is 24.3 Å². The van der Waals surface area contributed by atoms with Crippen LogP contribution in [0.5, 0.6) is 0 Å². The summed E-state index contributed by atoms with van der Waals surface area (Å²) in [4.78, 5) is 38.9. The van der Waals surface area contributed by atoms with Gasteiger partial charge in [0.2, 0.25) is 0 Å². The average Bonchev–Trinajstić information content (AvgIpc) is 3.44. The first-order valence-electron chi connectivity index (χ1n) is 12.2. The number of carbonyl (C=O) groups excluding carboxylic acids is 2. The minimum absolute atomic E-state index is 0.0394. The van der Waals surface area contributed by atoms with Crippen molar-refractivity contribution in [2.75, 3.05) is 26.3 Å². The van der Waals surface area contributed by atoms with Crippen molar-refractivity contribution in [2.24, 2.45) is 11.8 Å². The van der Waals surface area contributed by atoms with E-state index in [4.69, 9.17) is 9.47 Å². The fourth-order valence-corrected chi connectivity index (χ4v) is 5.66. The maximum absolute atomic E-state index is 13.1. The predicted octanol–water partition coefficient (Wildman–Crippen LogP) is 3.25. The van der Waals surface area contributed by atoms with Crippen molar-refractivity contribution >= 4 is 18.0 Å². The Labute approximate surface area is 204 Å². The van der Waals surface area contributed by atoms with E-state index >= 15 is 0 Å². The normalized spacial score (nSPS) is 25.6. The maximum Gasteiger partial charge on any atom is 0.407 e. The molecule has 2 fully saturated rings. The van der Waals surface area contributed by atoms with Gasteiger partial charge in [-0.1, -0.05) is 55.5 Å². The van der Waals surface area contributed by atoms with Crippen LogP contribution >= 0.6 is 0 Å². The Morgan fingerprint density at radius 1 is 1.06 bits per heavy atom. The molecule has 0 saturated carbocycles. The highest BCUT2D eigenvalue weighted by atomic mass is 16.6. The SMILES string of the molecule is CC1CN(C(=O)C2OCCC2NC(=O)OCC2c3ccccc3-c3ccccc32)CCC1C(=O)O. The van der Waals surface area contributed by atoms with E-state index in [1.54, 1.807) is 4.90 Å². The summed E-state index contributed by atoms with van der Waals surface area (Å²) in [5.41, 5.74) is 4.59. The number of hydrogen-bond donors (Lipinski definition) is 2. The lowest BCUT2D eigenvalue weighted by Crippen LogP contribution is -2.53. The number of piperidine rings is 1. The second kappa shape index (κ2) is 9.70. The van der Waals surface area contributed by atoms with Gasteiger partial charge < -0.3 is 24.8 Å². The molecular formula is C27H30N2O6. The summed E-state index contributed by atoms with van der Waals surface area (Å²) in [6.07, 6.45) is -0.427. The van der Waals surface area contributed by atoms with Gasteiger partial charge in [0.1, 0.15) is 6.61 Å². The lowest BCUT2D eigenvalue weighted by Gasteiger charge is -2.36. The molecule has 35 heavy (non-hydrogen) atoms. The minimum Gasteiger partial charge on any atom is -0.481 e. The van der Waals surface area contributed by atoms with Crippen LogP contribution in [-0.4, -0.2) is 66.4 Å². The van der Waals surface area contributed by atoms with Gasteiger partial charge in [-0.25, -0.2) is 4.79 Å². The highest BCUT2D eigenvalue weighted by Crippen LogP contribution is 2.44. The molecule has 2 aliphatic heterocycles.